The Kier molecular flexibility index (Phi) is 4.85. The van der Waals surface area contributed by atoms with E-state index >= 15 is 0 Å². The number of ketones is 1. The Morgan fingerprint density at radius 2 is 1.85 bits per heavy atom. The van der Waals surface area contributed by atoms with E-state index < -0.39 is 29.2 Å². The van der Waals surface area contributed by atoms with Crippen LogP contribution in [0.4, 0.5) is 15.8 Å². The first-order chi connectivity index (χ1) is 12.8. The monoisotopic (exact) mass is 370 g/mol. The summed E-state index contributed by atoms with van der Waals surface area (Å²) in [5, 5.41) is 18.7. The average Bonchev–Trinajstić information content (AvgIpc) is 2.61. The number of hydrogen-bond donors (Lipinski definition) is 2. The number of benzene rings is 2. The molecule has 0 aromatic heterocycles. The van der Waals surface area contributed by atoms with E-state index in [2.05, 4.69) is 0 Å². The predicted octanol–water partition coefficient (Wildman–Crippen LogP) is 3.09. The zero-order valence-electron chi connectivity index (χ0n) is 14.9. The van der Waals surface area contributed by atoms with Crippen LogP contribution in [0.25, 0.3) is 0 Å². The molecule has 2 N–H and O–H groups in total. The SMILES string of the molecule is CN(C)c1ccc(C2CC(=O)C(C(=O)O)=CN2c2ccc(O)cc2F)cc1. The third kappa shape index (κ3) is 3.62. The molecule has 140 valence electrons. The molecule has 7 heteroatoms. The second kappa shape index (κ2) is 7.11. The van der Waals surface area contributed by atoms with Crippen LogP contribution in [0.15, 0.2) is 54.2 Å². The number of carbonyl (C=O) groups is 2. The van der Waals surface area contributed by atoms with Crippen molar-refractivity contribution in [3.05, 3.63) is 65.6 Å². The molecule has 0 fully saturated rings. The molecule has 1 aliphatic heterocycles. The van der Waals surface area contributed by atoms with E-state index in [-0.39, 0.29) is 17.9 Å². The van der Waals surface area contributed by atoms with E-state index in [9.17, 15) is 24.2 Å². The molecule has 0 bridgehead atoms. The number of halogens is 1. The topological polar surface area (TPSA) is 81.1 Å². The van der Waals surface area contributed by atoms with E-state index in [4.69, 9.17) is 0 Å². The number of phenolic OH excluding ortho intramolecular Hbond substituents is 1. The van der Waals surface area contributed by atoms with Crippen LogP contribution in [0.1, 0.15) is 18.0 Å². The van der Waals surface area contributed by atoms with Crippen LogP contribution in [-0.2, 0) is 9.59 Å². The van der Waals surface area contributed by atoms with E-state index in [1.807, 2.05) is 43.3 Å². The minimum Gasteiger partial charge on any atom is -0.508 e. The van der Waals surface area contributed by atoms with Gasteiger partial charge in [0.1, 0.15) is 11.3 Å². The molecule has 1 heterocycles. The number of hydrogen-bond acceptors (Lipinski definition) is 5. The lowest BCUT2D eigenvalue weighted by Gasteiger charge is -2.34. The van der Waals surface area contributed by atoms with Crippen LogP contribution in [-0.4, -0.2) is 36.1 Å². The number of Topliss-reactive ketones (excluding diaryl/α,β-unsaturated/α-hetero) is 1. The second-order valence-corrected chi connectivity index (χ2v) is 6.52. The standard InChI is InChI=1S/C20H19FN2O4/c1-22(2)13-5-3-12(4-6-13)18-10-19(25)15(20(26)27)11-23(18)17-8-7-14(24)9-16(17)21/h3-9,11,18,24H,10H2,1-2H3,(H,26,27). The van der Waals surface area contributed by atoms with Gasteiger partial charge in [-0.1, -0.05) is 12.1 Å². The lowest BCUT2D eigenvalue weighted by atomic mass is 9.92. The zero-order chi connectivity index (χ0) is 19.7. The van der Waals surface area contributed by atoms with E-state index in [0.29, 0.717) is 0 Å². The van der Waals surface area contributed by atoms with Crippen molar-refractivity contribution in [3.63, 3.8) is 0 Å². The Labute approximate surface area is 155 Å². The molecule has 1 unspecified atom stereocenters. The number of rotatable bonds is 4. The highest BCUT2D eigenvalue weighted by Crippen LogP contribution is 2.37. The van der Waals surface area contributed by atoms with E-state index in [1.54, 1.807) is 0 Å². The molecule has 27 heavy (non-hydrogen) atoms. The van der Waals surface area contributed by atoms with Crippen molar-refractivity contribution < 1.29 is 24.2 Å². The summed E-state index contributed by atoms with van der Waals surface area (Å²) in [6.45, 7) is 0. The fourth-order valence-electron chi connectivity index (χ4n) is 3.08. The van der Waals surface area contributed by atoms with E-state index in [1.165, 1.54) is 17.0 Å². The molecule has 0 aliphatic carbocycles. The first kappa shape index (κ1) is 18.4. The van der Waals surface area contributed by atoms with Crippen molar-refractivity contribution in [3.8, 4) is 5.75 Å². The van der Waals surface area contributed by atoms with Gasteiger partial charge in [-0.15, -0.1) is 0 Å². The summed E-state index contributed by atoms with van der Waals surface area (Å²) in [7, 11) is 3.80. The summed E-state index contributed by atoms with van der Waals surface area (Å²) in [6, 6.07) is 10.5. The van der Waals surface area contributed by atoms with Gasteiger partial charge in [-0.3, -0.25) is 4.79 Å². The third-order valence-corrected chi connectivity index (χ3v) is 4.52. The number of aromatic hydroxyl groups is 1. The Hall–Kier alpha value is -3.35. The summed E-state index contributed by atoms with van der Waals surface area (Å²) < 4.78 is 14.4. The van der Waals surface area contributed by atoms with Crippen molar-refractivity contribution in [1.29, 1.82) is 0 Å². The molecule has 0 saturated heterocycles. The molecule has 0 spiro atoms. The maximum absolute atomic E-state index is 14.4. The van der Waals surface area contributed by atoms with Gasteiger partial charge in [-0.05, 0) is 29.8 Å². The Balaban J connectivity index is 2.10. The van der Waals surface area contributed by atoms with Crippen molar-refractivity contribution in [2.24, 2.45) is 0 Å². The molecule has 1 atom stereocenters. The maximum Gasteiger partial charge on any atom is 0.340 e. The van der Waals surface area contributed by atoms with Gasteiger partial charge in [0.25, 0.3) is 0 Å². The van der Waals surface area contributed by atoms with Crippen molar-refractivity contribution >= 4 is 23.1 Å². The number of carboxylic acids is 1. The van der Waals surface area contributed by atoms with Gasteiger partial charge in [0.05, 0.1) is 11.7 Å². The van der Waals surface area contributed by atoms with Crippen LogP contribution < -0.4 is 9.80 Å². The molecular weight excluding hydrogens is 351 g/mol. The van der Waals surface area contributed by atoms with Gasteiger partial charge in [-0.25, -0.2) is 9.18 Å². The molecule has 6 nitrogen and oxygen atoms in total. The molecular formula is C20H19FN2O4. The Morgan fingerprint density at radius 3 is 2.41 bits per heavy atom. The summed E-state index contributed by atoms with van der Waals surface area (Å²) in [6.07, 6.45) is 1.06. The molecule has 1 aliphatic rings. The summed E-state index contributed by atoms with van der Waals surface area (Å²) >= 11 is 0. The van der Waals surface area contributed by atoms with Gasteiger partial charge in [0.15, 0.2) is 11.6 Å². The maximum atomic E-state index is 14.4. The van der Waals surface area contributed by atoms with Gasteiger partial charge in [-0.2, -0.15) is 0 Å². The Bertz CT molecular complexity index is 922. The fraction of sp³-hybridized carbons (Fsp3) is 0.200. The van der Waals surface area contributed by atoms with Crippen LogP contribution in [0.2, 0.25) is 0 Å². The van der Waals surface area contributed by atoms with E-state index in [0.717, 1.165) is 23.5 Å². The molecule has 0 radical (unpaired) electrons. The quantitative estimate of drug-likeness (QED) is 0.805. The smallest absolute Gasteiger partial charge is 0.340 e. The molecule has 0 amide bonds. The van der Waals surface area contributed by atoms with Crippen LogP contribution in [0.3, 0.4) is 0 Å². The van der Waals surface area contributed by atoms with Gasteiger partial charge >= 0.3 is 5.97 Å². The summed E-state index contributed by atoms with van der Waals surface area (Å²) in [4.78, 5) is 27.0. The minimum absolute atomic E-state index is 0.0840. The molecule has 0 saturated carbocycles. The largest absolute Gasteiger partial charge is 0.508 e. The molecule has 3 rings (SSSR count). The highest BCUT2D eigenvalue weighted by atomic mass is 19.1. The third-order valence-electron chi connectivity index (χ3n) is 4.52. The zero-order valence-corrected chi connectivity index (χ0v) is 14.9. The van der Waals surface area contributed by atoms with Gasteiger partial charge < -0.3 is 20.0 Å². The summed E-state index contributed by atoms with van der Waals surface area (Å²) in [5.74, 6) is -2.82. The number of carboxylic acid groups (broad SMARTS) is 1. The number of anilines is 2. The molecule has 2 aromatic carbocycles. The lowest BCUT2D eigenvalue weighted by molar-refractivity contribution is -0.134. The molecule has 2 aromatic rings. The summed E-state index contributed by atoms with van der Waals surface area (Å²) in [5.41, 5.74) is 1.40. The highest BCUT2D eigenvalue weighted by Gasteiger charge is 2.33. The Morgan fingerprint density at radius 1 is 1.19 bits per heavy atom. The van der Waals surface area contributed by atoms with Crippen molar-refractivity contribution in [2.45, 2.75) is 12.5 Å². The first-order valence-electron chi connectivity index (χ1n) is 8.30. The van der Waals surface area contributed by atoms with Gasteiger partial charge in [0.2, 0.25) is 0 Å². The average molecular weight is 370 g/mol. The first-order valence-corrected chi connectivity index (χ1v) is 8.30. The lowest BCUT2D eigenvalue weighted by Crippen LogP contribution is -2.34. The second-order valence-electron chi connectivity index (χ2n) is 6.52. The van der Waals surface area contributed by atoms with Gasteiger partial charge in [0, 0.05) is 38.5 Å². The number of carbonyl (C=O) groups excluding carboxylic acids is 1. The highest BCUT2D eigenvalue weighted by molar-refractivity contribution is 6.17. The predicted molar refractivity (Wildman–Crippen MR) is 99.4 cm³/mol. The number of phenols is 1. The van der Waals surface area contributed by atoms with Crippen LogP contribution in [0, 0.1) is 5.82 Å². The van der Waals surface area contributed by atoms with Crippen molar-refractivity contribution in [2.75, 3.05) is 23.9 Å². The normalized spacial score (nSPS) is 16.9. The number of aliphatic carboxylic acids is 1. The van der Waals surface area contributed by atoms with Crippen LogP contribution >= 0.6 is 0 Å². The fourth-order valence-corrected chi connectivity index (χ4v) is 3.08. The van der Waals surface area contributed by atoms with Crippen molar-refractivity contribution in [1.82, 2.24) is 0 Å². The minimum atomic E-state index is -1.36. The number of nitrogens with zero attached hydrogens (tertiary/aromatic N) is 2. The van der Waals surface area contributed by atoms with Crippen LogP contribution in [0.5, 0.6) is 5.75 Å².